The molecule has 0 aliphatic heterocycles. The minimum Gasteiger partial charge on any atom is -0.459 e. The number of hydrogen-bond donors (Lipinski definition) is 0. The van der Waals surface area contributed by atoms with Gasteiger partial charge >= 0.3 is 11.9 Å². The zero-order valence-electron chi connectivity index (χ0n) is 23.2. The third-order valence-corrected chi connectivity index (χ3v) is 10.2. The average molecular weight is 477 g/mol. The molecule has 196 valence electrons. The van der Waals surface area contributed by atoms with Gasteiger partial charge in [0.15, 0.2) is 0 Å². The minimum atomic E-state index is -0.288. The van der Waals surface area contributed by atoms with Crippen molar-refractivity contribution < 1.29 is 19.1 Å². The van der Waals surface area contributed by atoms with Crippen molar-refractivity contribution >= 4 is 11.9 Å². The maximum atomic E-state index is 12.3. The van der Waals surface area contributed by atoms with Crippen molar-refractivity contribution in [3.05, 3.63) is 0 Å². The summed E-state index contributed by atoms with van der Waals surface area (Å²) in [6.45, 7) is 14.5. The van der Waals surface area contributed by atoms with Gasteiger partial charge in [0.05, 0.1) is 11.8 Å². The van der Waals surface area contributed by atoms with Gasteiger partial charge < -0.3 is 9.47 Å². The van der Waals surface area contributed by atoms with Gasteiger partial charge in [-0.3, -0.25) is 9.59 Å². The van der Waals surface area contributed by atoms with Gasteiger partial charge in [0, 0.05) is 5.41 Å². The number of hydrogen-bond acceptors (Lipinski definition) is 4. The first-order valence-corrected chi connectivity index (χ1v) is 14.4. The van der Waals surface area contributed by atoms with E-state index in [9.17, 15) is 9.59 Å². The molecule has 5 saturated carbocycles. The van der Waals surface area contributed by atoms with Crippen molar-refractivity contribution in [3.8, 4) is 0 Å². The van der Waals surface area contributed by atoms with Crippen molar-refractivity contribution in [2.45, 2.75) is 143 Å². The summed E-state index contributed by atoms with van der Waals surface area (Å²) < 4.78 is 11.7. The Balaban J connectivity index is 0.000000204. The topological polar surface area (TPSA) is 52.6 Å². The molecule has 34 heavy (non-hydrogen) atoms. The van der Waals surface area contributed by atoms with Crippen LogP contribution in [0, 0.1) is 35.0 Å². The summed E-state index contributed by atoms with van der Waals surface area (Å²) in [4.78, 5) is 23.9. The first-order valence-electron chi connectivity index (χ1n) is 14.4. The standard InChI is InChI=1S/C18H30O2.C12H22O2/c1-5-12(2)16(19)20-17(3,4)18-9-13-6-14(10-18)8-15(7-13)11-18;1-4-10(3)11(13)14-12(5-2)8-6-7-9-12/h12-15H,5-11H2,1-4H3;10H,4-9H2,1-3H3. The third-order valence-electron chi connectivity index (χ3n) is 10.2. The fourth-order valence-corrected chi connectivity index (χ4v) is 7.50. The second-order valence-corrected chi connectivity index (χ2v) is 12.9. The summed E-state index contributed by atoms with van der Waals surface area (Å²) in [5, 5.41) is 0. The SMILES string of the molecule is CCC(C)C(=O)OC(C)(C)C12CC3CC(CC(C3)C1)C2.CCC(C)C(=O)OC1(CC)CCCC1. The Morgan fingerprint density at radius 1 is 0.824 bits per heavy atom. The van der Waals surface area contributed by atoms with Crippen LogP contribution in [0.2, 0.25) is 0 Å². The zero-order chi connectivity index (χ0) is 25.1. The summed E-state index contributed by atoms with van der Waals surface area (Å²) in [6, 6.07) is 0. The van der Waals surface area contributed by atoms with E-state index in [0.29, 0.717) is 0 Å². The van der Waals surface area contributed by atoms with Crippen LogP contribution in [0.25, 0.3) is 0 Å². The van der Waals surface area contributed by atoms with E-state index in [1.807, 2.05) is 20.8 Å². The van der Waals surface area contributed by atoms with Gasteiger partial charge in [-0.05, 0) is 115 Å². The number of rotatable bonds is 8. The highest BCUT2D eigenvalue weighted by molar-refractivity contribution is 5.72. The van der Waals surface area contributed by atoms with Crippen LogP contribution in [-0.4, -0.2) is 23.1 Å². The highest BCUT2D eigenvalue weighted by Gasteiger charge is 2.58. The van der Waals surface area contributed by atoms with Crippen LogP contribution in [-0.2, 0) is 19.1 Å². The van der Waals surface area contributed by atoms with Gasteiger partial charge in [-0.15, -0.1) is 0 Å². The van der Waals surface area contributed by atoms with Crippen LogP contribution in [0.4, 0.5) is 0 Å². The van der Waals surface area contributed by atoms with E-state index in [0.717, 1.165) is 49.9 Å². The lowest BCUT2D eigenvalue weighted by Crippen LogP contribution is -2.57. The molecule has 0 radical (unpaired) electrons. The molecule has 0 aromatic heterocycles. The van der Waals surface area contributed by atoms with Gasteiger partial charge in [-0.1, -0.05) is 34.6 Å². The summed E-state index contributed by atoms with van der Waals surface area (Å²) >= 11 is 0. The molecule has 0 N–H and O–H groups in total. The van der Waals surface area contributed by atoms with E-state index < -0.39 is 0 Å². The fraction of sp³-hybridized carbons (Fsp3) is 0.933. The van der Waals surface area contributed by atoms with Crippen LogP contribution in [0.5, 0.6) is 0 Å². The maximum Gasteiger partial charge on any atom is 0.309 e. The molecule has 4 nitrogen and oxygen atoms in total. The molecule has 0 aromatic carbocycles. The highest BCUT2D eigenvalue weighted by Crippen LogP contribution is 2.64. The molecule has 2 atom stereocenters. The van der Waals surface area contributed by atoms with Crippen LogP contribution >= 0.6 is 0 Å². The molecular weight excluding hydrogens is 424 g/mol. The molecule has 5 fully saturated rings. The minimum absolute atomic E-state index is 0.00347. The molecule has 4 bridgehead atoms. The van der Waals surface area contributed by atoms with Crippen molar-refractivity contribution in [3.63, 3.8) is 0 Å². The Hall–Kier alpha value is -1.06. The first kappa shape index (κ1) is 27.5. The van der Waals surface area contributed by atoms with Crippen LogP contribution in [0.3, 0.4) is 0 Å². The fourth-order valence-electron chi connectivity index (χ4n) is 7.50. The van der Waals surface area contributed by atoms with E-state index in [-0.39, 0.29) is 40.4 Å². The van der Waals surface area contributed by atoms with E-state index in [1.54, 1.807) is 0 Å². The predicted molar refractivity (Wildman–Crippen MR) is 137 cm³/mol. The lowest BCUT2D eigenvalue weighted by Gasteiger charge is -2.61. The second-order valence-electron chi connectivity index (χ2n) is 12.9. The molecule has 0 saturated heterocycles. The monoisotopic (exact) mass is 476 g/mol. The molecule has 0 heterocycles. The number of esters is 2. The Morgan fingerprint density at radius 2 is 1.26 bits per heavy atom. The summed E-state index contributed by atoms with van der Waals surface area (Å²) in [5.41, 5.74) is -0.130. The Bertz CT molecular complexity index is 667. The quantitative estimate of drug-likeness (QED) is 0.334. The third kappa shape index (κ3) is 5.84. The van der Waals surface area contributed by atoms with Crippen molar-refractivity contribution in [1.29, 1.82) is 0 Å². The lowest BCUT2D eigenvalue weighted by molar-refractivity contribution is -0.201. The Morgan fingerprint density at radius 3 is 1.68 bits per heavy atom. The zero-order valence-corrected chi connectivity index (χ0v) is 23.2. The number of carbonyl (C=O) groups is 2. The van der Waals surface area contributed by atoms with Gasteiger partial charge in [0.25, 0.3) is 0 Å². The smallest absolute Gasteiger partial charge is 0.309 e. The summed E-state index contributed by atoms with van der Waals surface area (Å²) in [5.74, 6) is 2.81. The molecule has 5 aliphatic rings. The normalized spacial score (nSPS) is 33.0. The van der Waals surface area contributed by atoms with E-state index in [2.05, 4.69) is 27.7 Å². The lowest BCUT2D eigenvalue weighted by atomic mass is 9.46. The average Bonchev–Trinajstić information content (AvgIpc) is 3.26. The Kier molecular flexibility index (Phi) is 8.83. The predicted octanol–water partition coefficient (Wildman–Crippen LogP) is 7.87. The van der Waals surface area contributed by atoms with E-state index >= 15 is 0 Å². The molecule has 5 aliphatic carbocycles. The van der Waals surface area contributed by atoms with Crippen molar-refractivity contribution in [2.24, 2.45) is 35.0 Å². The molecule has 2 unspecified atom stereocenters. The largest absolute Gasteiger partial charge is 0.459 e. The van der Waals surface area contributed by atoms with E-state index in [1.165, 1.54) is 51.4 Å². The molecule has 4 heteroatoms. The second kappa shape index (κ2) is 10.9. The molecule has 0 aromatic rings. The van der Waals surface area contributed by atoms with Crippen molar-refractivity contribution in [2.75, 3.05) is 0 Å². The molecule has 5 rings (SSSR count). The molecule has 0 amide bonds. The van der Waals surface area contributed by atoms with Gasteiger partial charge in [-0.25, -0.2) is 0 Å². The summed E-state index contributed by atoms with van der Waals surface area (Å²) in [6.07, 6.45) is 15.4. The Labute approximate surface area is 209 Å². The van der Waals surface area contributed by atoms with Gasteiger partial charge in [0.2, 0.25) is 0 Å². The van der Waals surface area contributed by atoms with Crippen LogP contribution < -0.4 is 0 Å². The number of carbonyl (C=O) groups excluding carboxylic acids is 2. The van der Waals surface area contributed by atoms with Crippen molar-refractivity contribution in [1.82, 2.24) is 0 Å². The highest BCUT2D eigenvalue weighted by atomic mass is 16.6. The molecular formula is C30H52O4. The van der Waals surface area contributed by atoms with E-state index in [4.69, 9.17) is 9.47 Å². The first-order chi connectivity index (χ1) is 16.0. The molecule has 0 spiro atoms. The van der Waals surface area contributed by atoms with Gasteiger partial charge in [0.1, 0.15) is 11.2 Å². The van der Waals surface area contributed by atoms with Crippen LogP contribution in [0.1, 0.15) is 132 Å². The van der Waals surface area contributed by atoms with Crippen LogP contribution in [0.15, 0.2) is 0 Å². The number of ether oxygens (including phenoxy) is 2. The maximum absolute atomic E-state index is 12.3. The summed E-state index contributed by atoms with van der Waals surface area (Å²) in [7, 11) is 0. The van der Waals surface area contributed by atoms with Gasteiger partial charge in [-0.2, -0.15) is 0 Å².